The number of hydrogen-bond acceptors (Lipinski definition) is 4. The second-order valence-electron chi connectivity index (χ2n) is 6.56. The van der Waals surface area contributed by atoms with Crippen LogP contribution in [0, 0.1) is 6.92 Å². The Balaban J connectivity index is 1.64. The van der Waals surface area contributed by atoms with Crippen molar-refractivity contribution in [3.63, 3.8) is 0 Å². The highest BCUT2D eigenvalue weighted by atomic mass is 16.5. The van der Waals surface area contributed by atoms with E-state index in [-0.39, 0.29) is 5.91 Å². The van der Waals surface area contributed by atoms with Crippen molar-refractivity contribution < 1.29 is 14.3 Å². The third kappa shape index (κ3) is 3.99. The van der Waals surface area contributed by atoms with E-state index in [1.165, 1.54) is 11.1 Å². The maximum absolute atomic E-state index is 12.9. The first kappa shape index (κ1) is 18.3. The van der Waals surface area contributed by atoms with Gasteiger partial charge in [-0.2, -0.15) is 0 Å². The lowest BCUT2D eigenvalue weighted by Gasteiger charge is -2.35. The number of amides is 1. The number of rotatable bonds is 5. The molecule has 0 bridgehead atoms. The van der Waals surface area contributed by atoms with E-state index < -0.39 is 0 Å². The molecule has 0 radical (unpaired) electrons. The minimum Gasteiger partial charge on any atom is -0.497 e. The van der Waals surface area contributed by atoms with Gasteiger partial charge in [-0.3, -0.25) is 9.69 Å². The topological polar surface area (TPSA) is 42.0 Å². The van der Waals surface area contributed by atoms with Gasteiger partial charge in [-0.15, -0.1) is 0 Å². The third-order valence-corrected chi connectivity index (χ3v) is 4.95. The van der Waals surface area contributed by atoms with Crippen molar-refractivity contribution in [2.45, 2.75) is 13.5 Å². The van der Waals surface area contributed by atoms with Gasteiger partial charge in [0.2, 0.25) is 0 Å². The zero-order chi connectivity index (χ0) is 18.5. The van der Waals surface area contributed by atoms with Crippen LogP contribution in [0.5, 0.6) is 11.5 Å². The van der Waals surface area contributed by atoms with E-state index in [9.17, 15) is 4.79 Å². The predicted octanol–water partition coefficient (Wildman–Crippen LogP) is 2.97. The predicted molar refractivity (Wildman–Crippen MR) is 102 cm³/mol. The van der Waals surface area contributed by atoms with Gasteiger partial charge in [0, 0.05) is 32.7 Å². The summed E-state index contributed by atoms with van der Waals surface area (Å²) in [7, 11) is 3.18. The van der Waals surface area contributed by atoms with Crippen LogP contribution in [0.3, 0.4) is 0 Å². The molecule has 0 aromatic heterocycles. The zero-order valence-electron chi connectivity index (χ0n) is 15.7. The van der Waals surface area contributed by atoms with Gasteiger partial charge >= 0.3 is 0 Å². The number of nitrogens with zero attached hydrogens (tertiary/aromatic N) is 2. The fourth-order valence-corrected chi connectivity index (χ4v) is 3.29. The molecule has 26 heavy (non-hydrogen) atoms. The van der Waals surface area contributed by atoms with Crippen LogP contribution >= 0.6 is 0 Å². The Kier molecular flexibility index (Phi) is 5.78. The summed E-state index contributed by atoms with van der Waals surface area (Å²) in [6.07, 6.45) is 0. The smallest absolute Gasteiger partial charge is 0.257 e. The van der Waals surface area contributed by atoms with Crippen molar-refractivity contribution in [2.24, 2.45) is 0 Å². The summed E-state index contributed by atoms with van der Waals surface area (Å²) in [5, 5.41) is 0. The molecule has 1 fully saturated rings. The molecule has 1 aliphatic heterocycles. The molecular weight excluding hydrogens is 328 g/mol. The number of carbonyl (C=O) groups is 1. The lowest BCUT2D eigenvalue weighted by molar-refractivity contribution is 0.0624. The molecule has 3 rings (SSSR count). The number of hydrogen-bond donors (Lipinski definition) is 0. The molecule has 1 heterocycles. The number of methoxy groups -OCH3 is 2. The van der Waals surface area contributed by atoms with Gasteiger partial charge in [0.1, 0.15) is 11.5 Å². The highest BCUT2D eigenvalue weighted by Gasteiger charge is 2.25. The van der Waals surface area contributed by atoms with Gasteiger partial charge in [0.05, 0.1) is 19.8 Å². The summed E-state index contributed by atoms with van der Waals surface area (Å²) in [6, 6.07) is 13.8. The standard InChI is InChI=1S/C21H26N2O3/c1-16-6-4-5-7-17(16)15-22-10-12-23(13-11-22)21(24)19-14-18(25-2)8-9-20(19)26-3/h4-9,14H,10-13,15H2,1-3H3. The second kappa shape index (κ2) is 8.23. The Hall–Kier alpha value is -2.53. The molecule has 0 N–H and O–H groups in total. The Morgan fingerprint density at radius 2 is 1.73 bits per heavy atom. The number of piperazine rings is 1. The summed E-state index contributed by atoms with van der Waals surface area (Å²) in [4.78, 5) is 17.2. The van der Waals surface area contributed by atoms with Crippen LogP contribution in [0.25, 0.3) is 0 Å². The Morgan fingerprint density at radius 1 is 1.00 bits per heavy atom. The first-order valence-electron chi connectivity index (χ1n) is 8.90. The van der Waals surface area contributed by atoms with Crippen molar-refractivity contribution in [3.8, 4) is 11.5 Å². The summed E-state index contributed by atoms with van der Waals surface area (Å²) in [5.41, 5.74) is 3.22. The highest BCUT2D eigenvalue weighted by molar-refractivity contribution is 5.97. The van der Waals surface area contributed by atoms with E-state index in [2.05, 4.69) is 36.1 Å². The minimum atomic E-state index is -0.00343. The second-order valence-corrected chi connectivity index (χ2v) is 6.56. The molecular formula is C21H26N2O3. The number of benzene rings is 2. The number of carbonyl (C=O) groups excluding carboxylic acids is 1. The first-order chi connectivity index (χ1) is 12.6. The summed E-state index contributed by atoms with van der Waals surface area (Å²) in [6.45, 7) is 6.23. The molecule has 0 atom stereocenters. The van der Waals surface area contributed by atoms with Crippen molar-refractivity contribution in [3.05, 3.63) is 59.2 Å². The van der Waals surface area contributed by atoms with Crippen molar-refractivity contribution >= 4 is 5.91 Å². The van der Waals surface area contributed by atoms with Gasteiger partial charge < -0.3 is 14.4 Å². The van der Waals surface area contributed by atoms with Gasteiger partial charge in [0.15, 0.2) is 0 Å². The number of aryl methyl sites for hydroxylation is 1. The maximum atomic E-state index is 12.9. The summed E-state index contributed by atoms with van der Waals surface area (Å²) < 4.78 is 10.6. The van der Waals surface area contributed by atoms with Crippen LogP contribution in [0.15, 0.2) is 42.5 Å². The third-order valence-electron chi connectivity index (χ3n) is 4.95. The fraction of sp³-hybridized carbons (Fsp3) is 0.381. The van der Waals surface area contributed by atoms with Crippen LogP contribution in [-0.2, 0) is 6.54 Å². The summed E-state index contributed by atoms with van der Waals surface area (Å²) in [5.74, 6) is 1.24. The lowest BCUT2D eigenvalue weighted by atomic mass is 10.1. The maximum Gasteiger partial charge on any atom is 0.257 e. The van der Waals surface area contributed by atoms with E-state index in [1.54, 1.807) is 32.4 Å². The quantitative estimate of drug-likeness (QED) is 0.828. The molecule has 5 nitrogen and oxygen atoms in total. The average molecular weight is 354 g/mol. The number of ether oxygens (including phenoxy) is 2. The molecule has 0 saturated carbocycles. The summed E-state index contributed by atoms with van der Waals surface area (Å²) >= 11 is 0. The Bertz CT molecular complexity index is 768. The molecule has 138 valence electrons. The molecule has 0 aliphatic carbocycles. The minimum absolute atomic E-state index is 0.00343. The van der Waals surface area contributed by atoms with Gasteiger partial charge in [-0.1, -0.05) is 24.3 Å². The molecule has 5 heteroatoms. The molecule has 2 aromatic carbocycles. The fourth-order valence-electron chi connectivity index (χ4n) is 3.29. The first-order valence-corrected chi connectivity index (χ1v) is 8.90. The Morgan fingerprint density at radius 3 is 2.38 bits per heavy atom. The van der Waals surface area contributed by atoms with Gasteiger partial charge in [-0.05, 0) is 36.2 Å². The molecule has 1 saturated heterocycles. The van der Waals surface area contributed by atoms with Gasteiger partial charge in [0.25, 0.3) is 5.91 Å². The monoisotopic (exact) mass is 354 g/mol. The van der Waals surface area contributed by atoms with Crippen molar-refractivity contribution in [1.82, 2.24) is 9.80 Å². The van der Waals surface area contributed by atoms with Crippen LogP contribution in [0.4, 0.5) is 0 Å². The van der Waals surface area contributed by atoms with E-state index in [0.717, 1.165) is 19.6 Å². The van der Waals surface area contributed by atoms with Crippen molar-refractivity contribution in [1.29, 1.82) is 0 Å². The van der Waals surface area contributed by atoms with Crippen molar-refractivity contribution in [2.75, 3.05) is 40.4 Å². The van der Waals surface area contributed by atoms with E-state index in [0.29, 0.717) is 30.2 Å². The zero-order valence-corrected chi connectivity index (χ0v) is 15.7. The highest BCUT2D eigenvalue weighted by Crippen LogP contribution is 2.26. The average Bonchev–Trinajstić information content (AvgIpc) is 2.69. The van der Waals surface area contributed by atoms with Crippen LogP contribution in [0.1, 0.15) is 21.5 Å². The Labute approximate surface area is 155 Å². The normalized spacial score (nSPS) is 15.0. The van der Waals surface area contributed by atoms with E-state index in [4.69, 9.17) is 9.47 Å². The van der Waals surface area contributed by atoms with Gasteiger partial charge in [-0.25, -0.2) is 0 Å². The van der Waals surface area contributed by atoms with Crippen LogP contribution in [-0.4, -0.2) is 56.1 Å². The molecule has 0 unspecified atom stereocenters. The van der Waals surface area contributed by atoms with E-state index in [1.807, 2.05) is 4.90 Å². The molecule has 1 amide bonds. The molecule has 1 aliphatic rings. The van der Waals surface area contributed by atoms with E-state index >= 15 is 0 Å². The molecule has 0 spiro atoms. The molecule has 2 aromatic rings. The van der Waals surface area contributed by atoms with Crippen LogP contribution in [0.2, 0.25) is 0 Å². The van der Waals surface area contributed by atoms with Crippen LogP contribution < -0.4 is 9.47 Å². The largest absolute Gasteiger partial charge is 0.497 e. The lowest BCUT2D eigenvalue weighted by Crippen LogP contribution is -2.48. The SMILES string of the molecule is COc1ccc(OC)c(C(=O)N2CCN(Cc3ccccc3C)CC2)c1.